The molecule has 0 fully saturated rings. The van der Waals surface area contributed by atoms with E-state index in [1.807, 2.05) is 0 Å². The number of ketones is 1. The largest absolute Gasteiger partial charge is 0.385 e. The summed E-state index contributed by atoms with van der Waals surface area (Å²) in [7, 11) is 0. The molecule has 0 saturated carbocycles. The van der Waals surface area contributed by atoms with Gasteiger partial charge in [0.05, 0.1) is 0 Å². The zero-order chi connectivity index (χ0) is 13.8. The molecule has 0 aromatic heterocycles. The Morgan fingerprint density at radius 2 is 1.17 bits per heavy atom. The van der Waals surface area contributed by atoms with Gasteiger partial charge in [-0.3, -0.25) is 4.79 Å². The molecule has 0 aliphatic heterocycles. The minimum atomic E-state index is -1.04. The lowest BCUT2D eigenvalue weighted by atomic mass is 10.00. The van der Waals surface area contributed by atoms with Gasteiger partial charge in [-0.25, -0.2) is 0 Å². The Kier molecular flexibility index (Phi) is 12.3. The van der Waals surface area contributed by atoms with Crippen molar-refractivity contribution in [1.29, 1.82) is 0 Å². The van der Waals surface area contributed by atoms with Crippen LogP contribution >= 0.6 is 23.2 Å². The second kappa shape index (κ2) is 12.2. The van der Waals surface area contributed by atoms with Gasteiger partial charge in [-0.05, 0) is 25.7 Å². The van der Waals surface area contributed by atoms with Crippen molar-refractivity contribution in [2.24, 2.45) is 0 Å². The summed E-state index contributed by atoms with van der Waals surface area (Å²) in [6, 6.07) is 0. The minimum Gasteiger partial charge on any atom is -0.385 e. The molecule has 0 aromatic carbocycles. The van der Waals surface area contributed by atoms with Crippen LogP contribution in [0.2, 0.25) is 0 Å². The Bertz CT molecular complexity index is 192. The Morgan fingerprint density at radius 1 is 0.778 bits per heavy atom. The summed E-state index contributed by atoms with van der Waals surface area (Å²) in [5.41, 5.74) is 0. The fourth-order valence-electron chi connectivity index (χ4n) is 1.72. The lowest BCUT2D eigenvalue weighted by Crippen LogP contribution is -2.32. The zero-order valence-electron chi connectivity index (χ0n) is 10.8. The summed E-state index contributed by atoms with van der Waals surface area (Å²) in [6.45, 7) is 0. The third kappa shape index (κ3) is 9.15. The summed E-state index contributed by atoms with van der Waals surface area (Å²) >= 11 is 11.1. The standard InChI is InChI=1S/C13H24Cl2O3/c14-9-5-1-3-7-11(16)13(18)12(17)8-4-2-6-10-15/h11-12,16-17H,1-10H2. The van der Waals surface area contributed by atoms with E-state index in [1.165, 1.54) is 0 Å². The van der Waals surface area contributed by atoms with E-state index in [2.05, 4.69) is 0 Å². The number of hydrogen-bond acceptors (Lipinski definition) is 3. The van der Waals surface area contributed by atoms with E-state index in [-0.39, 0.29) is 0 Å². The first-order chi connectivity index (χ1) is 8.63. The van der Waals surface area contributed by atoms with Crippen molar-refractivity contribution in [1.82, 2.24) is 0 Å². The number of alkyl halides is 2. The Morgan fingerprint density at radius 3 is 1.50 bits per heavy atom. The summed E-state index contributed by atoms with van der Waals surface area (Å²) in [5, 5.41) is 19.3. The van der Waals surface area contributed by atoms with Crippen molar-refractivity contribution in [2.45, 2.75) is 63.6 Å². The van der Waals surface area contributed by atoms with Crippen LogP contribution in [0.4, 0.5) is 0 Å². The number of carbonyl (C=O) groups is 1. The smallest absolute Gasteiger partial charge is 0.189 e. The van der Waals surface area contributed by atoms with E-state index in [1.54, 1.807) is 0 Å². The molecule has 18 heavy (non-hydrogen) atoms. The molecular formula is C13H24Cl2O3. The highest BCUT2D eigenvalue weighted by atomic mass is 35.5. The average Bonchev–Trinajstić information content (AvgIpc) is 2.38. The number of hydrogen-bond donors (Lipinski definition) is 2. The molecule has 0 aromatic rings. The summed E-state index contributed by atoms with van der Waals surface area (Å²) < 4.78 is 0. The van der Waals surface area contributed by atoms with Crippen LogP contribution in [0, 0.1) is 0 Å². The molecule has 108 valence electrons. The highest BCUT2D eigenvalue weighted by Crippen LogP contribution is 2.11. The second-order valence-corrected chi connectivity index (χ2v) is 5.27. The van der Waals surface area contributed by atoms with Gasteiger partial charge >= 0.3 is 0 Å². The van der Waals surface area contributed by atoms with Crippen LogP contribution in [-0.4, -0.2) is 40.0 Å². The molecule has 0 rings (SSSR count). The number of unbranched alkanes of at least 4 members (excludes halogenated alkanes) is 4. The normalized spacial score (nSPS) is 14.4. The van der Waals surface area contributed by atoms with Gasteiger partial charge in [0.15, 0.2) is 5.78 Å². The first kappa shape index (κ1) is 18.2. The SMILES string of the molecule is O=C(C(O)CCCCCCl)C(O)CCCCCCl. The molecule has 5 heteroatoms. The first-order valence-corrected chi connectivity index (χ1v) is 7.72. The quantitative estimate of drug-likeness (QED) is 0.430. The Balaban J connectivity index is 3.68. The number of aliphatic hydroxyl groups excluding tert-OH is 2. The molecule has 2 unspecified atom stereocenters. The Hall–Kier alpha value is 0.170. The van der Waals surface area contributed by atoms with Gasteiger partial charge in [-0.2, -0.15) is 0 Å². The summed E-state index contributed by atoms with van der Waals surface area (Å²) in [6.07, 6.45) is 3.86. The molecule has 0 bridgehead atoms. The molecule has 0 spiro atoms. The van der Waals surface area contributed by atoms with Crippen molar-refractivity contribution in [2.75, 3.05) is 11.8 Å². The van der Waals surface area contributed by atoms with Crippen molar-refractivity contribution >= 4 is 29.0 Å². The van der Waals surface area contributed by atoms with E-state index in [9.17, 15) is 15.0 Å². The summed E-state index contributed by atoms with van der Waals surface area (Å²) in [5.74, 6) is 0.757. The number of aliphatic hydroxyl groups is 2. The van der Waals surface area contributed by atoms with E-state index in [4.69, 9.17) is 23.2 Å². The monoisotopic (exact) mass is 298 g/mol. The third-order valence-corrected chi connectivity index (χ3v) is 3.41. The van der Waals surface area contributed by atoms with Gasteiger partial charge in [0.2, 0.25) is 0 Å². The minimum absolute atomic E-state index is 0.411. The lowest BCUT2D eigenvalue weighted by Gasteiger charge is -2.14. The van der Waals surface area contributed by atoms with Gasteiger partial charge in [0.1, 0.15) is 12.2 Å². The van der Waals surface area contributed by atoms with Crippen molar-refractivity contribution in [3.05, 3.63) is 0 Å². The van der Waals surface area contributed by atoms with Gasteiger partial charge in [-0.1, -0.05) is 25.7 Å². The van der Waals surface area contributed by atoms with E-state index >= 15 is 0 Å². The maximum atomic E-state index is 11.6. The summed E-state index contributed by atoms with van der Waals surface area (Å²) in [4.78, 5) is 11.6. The number of halogens is 2. The number of rotatable bonds is 12. The van der Waals surface area contributed by atoms with Crippen LogP contribution in [0.1, 0.15) is 51.4 Å². The van der Waals surface area contributed by atoms with Crippen molar-refractivity contribution in [3.8, 4) is 0 Å². The topological polar surface area (TPSA) is 57.5 Å². The molecule has 2 N–H and O–H groups in total. The van der Waals surface area contributed by atoms with Gasteiger partial charge < -0.3 is 10.2 Å². The molecule has 0 saturated heterocycles. The highest BCUT2D eigenvalue weighted by Gasteiger charge is 2.22. The predicted molar refractivity (Wildman–Crippen MR) is 75.4 cm³/mol. The van der Waals surface area contributed by atoms with E-state index in [0.29, 0.717) is 24.6 Å². The van der Waals surface area contributed by atoms with Gasteiger partial charge in [0, 0.05) is 11.8 Å². The van der Waals surface area contributed by atoms with Gasteiger partial charge in [-0.15, -0.1) is 23.2 Å². The zero-order valence-corrected chi connectivity index (χ0v) is 12.3. The molecule has 0 heterocycles. The molecule has 0 aliphatic rings. The maximum absolute atomic E-state index is 11.6. The van der Waals surface area contributed by atoms with Crippen LogP contribution in [0.5, 0.6) is 0 Å². The van der Waals surface area contributed by atoms with E-state index in [0.717, 1.165) is 38.5 Å². The lowest BCUT2D eigenvalue weighted by molar-refractivity contribution is -0.136. The molecule has 0 radical (unpaired) electrons. The van der Waals surface area contributed by atoms with Crippen LogP contribution in [0.3, 0.4) is 0 Å². The highest BCUT2D eigenvalue weighted by molar-refractivity contribution is 6.18. The van der Waals surface area contributed by atoms with Crippen LogP contribution in [0.25, 0.3) is 0 Å². The van der Waals surface area contributed by atoms with Crippen LogP contribution in [-0.2, 0) is 4.79 Å². The predicted octanol–water partition coefficient (Wildman–Crippen LogP) is 2.88. The molecule has 2 atom stereocenters. The van der Waals surface area contributed by atoms with Crippen molar-refractivity contribution < 1.29 is 15.0 Å². The number of Topliss-reactive ketones (excluding diaryl/α,β-unsaturated/α-hetero) is 1. The number of carbonyl (C=O) groups excluding carboxylic acids is 1. The second-order valence-electron chi connectivity index (χ2n) is 4.51. The third-order valence-electron chi connectivity index (χ3n) is 2.88. The average molecular weight is 299 g/mol. The molecule has 0 amide bonds. The fourth-order valence-corrected chi connectivity index (χ4v) is 2.10. The van der Waals surface area contributed by atoms with Crippen molar-refractivity contribution in [3.63, 3.8) is 0 Å². The first-order valence-electron chi connectivity index (χ1n) is 6.65. The molecule has 0 aliphatic carbocycles. The molecule has 3 nitrogen and oxygen atoms in total. The maximum Gasteiger partial charge on any atom is 0.189 e. The molecular weight excluding hydrogens is 275 g/mol. The van der Waals surface area contributed by atoms with Crippen LogP contribution in [0.15, 0.2) is 0 Å². The fraction of sp³-hybridized carbons (Fsp3) is 0.923. The van der Waals surface area contributed by atoms with Crippen LogP contribution < -0.4 is 0 Å². The van der Waals surface area contributed by atoms with E-state index < -0.39 is 18.0 Å². The Labute approximate surface area is 119 Å². The van der Waals surface area contributed by atoms with Gasteiger partial charge in [0.25, 0.3) is 0 Å².